The number of hydrogen-bond acceptors (Lipinski definition) is 4. The third kappa shape index (κ3) is 6.59. The van der Waals surface area contributed by atoms with Gasteiger partial charge in [0.05, 0.1) is 12.8 Å². The number of methoxy groups -OCH3 is 1. The van der Waals surface area contributed by atoms with Crippen molar-refractivity contribution in [1.82, 2.24) is 5.43 Å². The fourth-order valence-corrected chi connectivity index (χ4v) is 2.42. The Labute approximate surface area is 155 Å². The van der Waals surface area contributed by atoms with Crippen LogP contribution in [0.15, 0.2) is 59.7 Å². The van der Waals surface area contributed by atoms with Crippen molar-refractivity contribution in [3.63, 3.8) is 0 Å². The van der Waals surface area contributed by atoms with Gasteiger partial charge in [-0.3, -0.25) is 4.79 Å². The van der Waals surface area contributed by atoms with Crippen LogP contribution in [0.2, 0.25) is 0 Å². The van der Waals surface area contributed by atoms with Crippen molar-refractivity contribution in [2.45, 2.75) is 32.6 Å². The van der Waals surface area contributed by atoms with E-state index in [4.69, 9.17) is 9.47 Å². The summed E-state index contributed by atoms with van der Waals surface area (Å²) in [6, 6.07) is 17.0. The molecule has 0 aromatic heterocycles. The summed E-state index contributed by atoms with van der Waals surface area (Å²) in [5, 5.41) is 4.32. The Morgan fingerprint density at radius 3 is 2.35 bits per heavy atom. The highest BCUT2D eigenvalue weighted by Crippen LogP contribution is 2.16. The molecule has 26 heavy (non-hydrogen) atoms. The highest BCUT2D eigenvalue weighted by Gasteiger charge is 2.06. The summed E-state index contributed by atoms with van der Waals surface area (Å²) in [4.78, 5) is 12.0. The van der Waals surface area contributed by atoms with Crippen LogP contribution in [0.4, 0.5) is 0 Å². The van der Waals surface area contributed by atoms with E-state index in [2.05, 4.69) is 17.5 Å². The fourth-order valence-electron chi connectivity index (χ4n) is 2.42. The van der Waals surface area contributed by atoms with Crippen LogP contribution in [0.1, 0.15) is 38.2 Å². The number of hydrazone groups is 1. The Balaban J connectivity index is 1.90. The molecule has 0 aliphatic carbocycles. The molecule has 138 valence electrons. The fraction of sp³-hybridized carbons (Fsp3) is 0.333. The molecule has 0 heterocycles. The maximum absolute atomic E-state index is 12.0. The van der Waals surface area contributed by atoms with Gasteiger partial charge in [-0.05, 0) is 42.7 Å². The molecule has 0 radical (unpaired) electrons. The maximum Gasteiger partial charge on any atom is 0.277 e. The van der Waals surface area contributed by atoms with E-state index in [1.165, 1.54) is 0 Å². The number of unbranched alkanes of at least 4 members (excludes halogenated alkanes) is 2. The third-order valence-electron chi connectivity index (χ3n) is 3.87. The first-order valence-electron chi connectivity index (χ1n) is 8.90. The minimum absolute atomic E-state index is 0.0904. The smallest absolute Gasteiger partial charge is 0.277 e. The molecule has 0 unspecified atom stereocenters. The SMILES string of the molecule is CCCCCC(=NNC(=O)COc1ccc(OC)cc1)c1ccccc1. The zero-order chi connectivity index (χ0) is 18.6. The maximum atomic E-state index is 12.0. The Hall–Kier alpha value is -2.82. The molecule has 0 spiro atoms. The second-order valence-corrected chi connectivity index (χ2v) is 5.88. The number of carbonyl (C=O) groups excluding carboxylic acids is 1. The van der Waals surface area contributed by atoms with Gasteiger partial charge in [0.2, 0.25) is 0 Å². The van der Waals surface area contributed by atoms with Gasteiger partial charge in [-0.2, -0.15) is 5.10 Å². The second kappa shape index (κ2) is 10.9. The van der Waals surface area contributed by atoms with Gasteiger partial charge in [-0.15, -0.1) is 0 Å². The topological polar surface area (TPSA) is 59.9 Å². The van der Waals surface area contributed by atoms with Gasteiger partial charge in [-0.1, -0.05) is 50.1 Å². The summed E-state index contributed by atoms with van der Waals surface area (Å²) in [5.74, 6) is 1.06. The molecule has 0 fully saturated rings. The summed E-state index contributed by atoms with van der Waals surface area (Å²) >= 11 is 0. The van der Waals surface area contributed by atoms with Gasteiger partial charge >= 0.3 is 0 Å². The lowest BCUT2D eigenvalue weighted by atomic mass is 10.0. The number of ether oxygens (including phenoxy) is 2. The predicted octanol–water partition coefficient (Wildman–Crippen LogP) is 4.17. The summed E-state index contributed by atoms with van der Waals surface area (Å²) in [6.07, 6.45) is 4.16. The standard InChI is InChI=1S/C21H26N2O3/c1-3-4-6-11-20(17-9-7-5-8-10-17)22-23-21(24)16-26-19-14-12-18(25-2)13-15-19/h5,7-10,12-15H,3-4,6,11,16H2,1-2H3,(H,23,24). The zero-order valence-electron chi connectivity index (χ0n) is 15.4. The first kappa shape index (κ1) is 19.5. The van der Waals surface area contributed by atoms with Crippen molar-refractivity contribution in [3.05, 3.63) is 60.2 Å². The molecular weight excluding hydrogens is 328 g/mol. The van der Waals surface area contributed by atoms with E-state index in [1.54, 1.807) is 31.4 Å². The molecule has 2 aromatic rings. The van der Waals surface area contributed by atoms with Crippen molar-refractivity contribution >= 4 is 11.6 Å². The van der Waals surface area contributed by atoms with Crippen LogP contribution in [0.3, 0.4) is 0 Å². The Morgan fingerprint density at radius 2 is 1.69 bits per heavy atom. The molecule has 0 aliphatic heterocycles. The van der Waals surface area contributed by atoms with Gasteiger partial charge in [0.15, 0.2) is 6.61 Å². The normalized spacial score (nSPS) is 11.1. The average molecular weight is 354 g/mol. The van der Waals surface area contributed by atoms with Gasteiger partial charge in [0.1, 0.15) is 11.5 Å². The van der Waals surface area contributed by atoms with Gasteiger partial charge in [0, 0.05) is 0 Å². The second-order valence-electron chi connectivity index (χ2n) is 5.88. The Bertz CT molecular complexity index is 697. The Morgan fingerprint density at radius 1 is 1.00 bits per heavy atom. The molecule has 5 heteroatoms. The summed E-state index contributed by atoms with van der Waals surface area (Å²) < 4.78 is 10.6. The van der Waals surface area contributed by atoms with Crippen LogP contribution in [0.25, 0.3) is 0 Å². The molecule has 0 atom stereocenters. The quantitative estimate of drug-likeness (QED) is 0.396. The predicted molar refractivity (Wildman–Crippen MR) is 104 cm³/mol. The van der Waals surface area contributed by atoms with Crippen molar-refractivity contribution in [1.29, 1.82) is 0 Å². The van der Waals surface area contributed by atoms with E-state index in [-0.39, 0.29) is 12.5 Å². The van der Waals surface area contributed by atoms with Crippen molar-refractivity contribution in [3.8, 4) is 11.5 Å². The van der Waals surface area contributed by atoms with E-state index >= 15 is 0 Å². The molecule has 0 saturated heterocycles. The average Bonchev–Trinajstić information content (AvgIpc) is 2.70. The van der Waals surface area contributed by atoms with E-state index in [0.717, 1.165) is 42.7 Å². The van der Waals surface area contributed by atoms with Gasteiger partial charge in [0.25, 0.3) is 5.91 Å². The molecule has 5 nitrogen and oxygen atoms in total. The van der Waals surface area contributed by atoms with E-state index < -0.39 is 0 Å². The molecule has 0 aliphatic rings. The largest absolute Gasteiger partial charge is 0.497 e. The number of hydrogen-bond donors (Lipinski definition) is 1. The van der Waals surface area contributed by atoms with Crippen molar-refractivity contribution in [2.75, 3.05) is 13.7 Å². The van der Waals surface area contributed by atoms with Crippen LogP contribution < -0.4 is 14.9 Å². The number of carbonyl (C=O) groups is 1. The number of nitrogens with one attached hydrogen (secondary N) is 1. The van der Waals surface area contributed by atoms with Crippen molar-refractivity contribution in [2.24, 2.45) is 5.10 Å². The molecule has 1 N–H and O–H groups in total. The van der Waals surface area contributed by atoms with Crippen LogP contribution in [0.5, 0.6) is 11.5 Å². The van der Waals surface area contributed by atoms with E-state index in [0.29, 0.717) is 5.75 Å². The highest BCUT2D eigenvalue weighted by molar-refractivity contribution is 6.01. The molecule has 0 bridgehead atoms. The van der Waals surface area contributed by atoms with Gasteiger partial charge in [-0.25, -0.2) is 5.43 Å². The van der Waals surface area contributed by atoms with Crippen LogP contribution >= 0.6 is 0 Å². The highest BCUT2D eigenvalue weighted by atomic mass is 16.5. The number of benzene rings is 2. The minimum atomic E-state index is -0.287. The zero-order valence-corrected chi connectivity index (χ0v) is 15.4. The molecule has 0 saturated carbocycles. The number of amides is 1. The van der Waals surface area contributed by atoms with Crippen molar-refractivity contribution < 1.29 is 14.3 Å². The first-order valence-corrected chi connectivity index (χ1v) is 8.90. The molecule has 2 aromatic carbocycles. The van der Waals surface area contributed by atoms with Crippen LogP contribution in [-0.2, 0) is 4.79 Å². The van der Waals surface area contributed by atoms with E-state index in [9.17, 15) is 4.79 Å². The lowest BCUT2D eigenvalue weighted by Gasteiger charge is -2.09. The van der Waals surface area contributed by atoms with E-state index in [1.807, 2.05) is 30.3 Å². The Kier molecular flexibility index (Phi) is 8.19. The molecular formula is C21H26N2O3. The third-order valence-corrected chi connectivity index (χ3v) is 3.87. The summed E-state index contributed by atoms with van der Waals surface area (Å²) in [6.45, 7) is 2.07. The summed E-state index contributed by atoms with van der Waals surface area (Å²) in [7, 11) is 1.60. The molecule has 1 amide bonds. The number of rotatable bonds is 10. The monoisotopic (exact) mass is 354 g/mol. The lowest BCUT2D eigenvalue weighted by Crippen LogP contribution is -2.26. The number of nitrogens with zero attached hydrogens (tertiary/aromatic N) is 1. The first-order chi connectivity index (χ1) is 12.7. The minimum Gasteiger partial charge on any atom is -0.497 e. The molecule has 2 rings (SSSR count). The van der Waals surface area contributed by atoms with Crippen LogP contribution in [-0.4, -0.2) is 25.3 Å². The van der Waals surface area contributed by atoms with Gasteiger partial charge < -0.3 is 9.47 Å². The summed E-state index contributed by atoms with van der Waals surface area (Å²) in [5.41, 5.74) is 4.51. The lowest BCUT2D eigenvalue weighted by molar-refractivity contribution is -0.123. The van der Waals surface area contributed by atoms with Crippen LogP contribution in [0, 0.1) is 0 Å².